The Morgan fingerprint density at radius 1 is 0.690 bits per heavy atom. The summed E-state index contributed by atoms with van der Waals surface area (Å²) in [5.74, 6) is 5.02. The molecule has 1 nitrogen and oxygen atoms in total. The summed E-state index contributed by atoms with van der Waals surface area (Å²) in [6.45, 7) is 5.57. The van der Waals surface area contributed by atoms with Gasteiger partial charge in [0.15, 0.2) is 0 Å². The molecule has 3 rings (SSSR count). The van der Waals surface area contributed by atoms with Crippen LogP contribution in [0.15, 0.2) is 24.3 Å². The molecule has 0 aromatic heterocycles. The molecule has 0 radical (unpaired) electrons. The van der Waals surface area contributed by atoms with Gasteiger partial charge in [-0.25, -0.2) is 0 Å². The first-order chi connectivity index (χ1) is 14.3. The standard InChI is InChI=1S/C28H46O/c1-3-6-24-12-14-25(15-13-24)7-5-22-29-28-20-18-27(19-21-28)17-16-26-10-8-23(4-2)9-11-26/h18-21,23-26H,3-17,22H2,1-2H3. The van der Waals surface area contributed by atoms with Crippen LogP contribution in [0, 0.1) is 23.7 Å². The number of hydrogen-bond donors (Lipinski definition) is 0. The summed E-state index contributed by atoms with van der Waals surface area (Å²) < 4.78 is 6.03. The van der Waals surface area contributed by atoms with Crippen LogP contribution in [0.2, 0.25) is 0 Å². The highest BCUT2D eigenvalue weighted by Crippen LogP contribution is 2.34. The van der Waals surface area contributed by atoms with Crippen molar-refractivity contribution in [2.75, 3.05) is 6.61 Å². The van der Waals surface area contributed by atoms with Gasteiger partial charge in [0.2, 0.25) is 0 Å². The van der Waals surface area contributed by atoms with Crippen molar-refractivity contribution in [3.05, 3.63) is 29.8 Å². The van der Waals surface area contributed by atoms with Crippen molar-refractivity contribution in [1.29, 1.82) is 0 Å². The monoisotopic (exact) mass is 398 g/mol. The lowest BCUT2D eigenvalue weighted by Gasteiger charge is -2.28. The third-order valence-electron chi connectivity index (χ3n) is 8.00. The van der Waals surface area contributed by atoms with Crippen LogP contribution in [-0.2, 0) is 6.42 Å². The van der Waals surface area contributed by atoms with E-state index in [2.05, 4.69) is 38.1 Å². The summed E-state index contributed by atoms with van der Waals surface area (Å²) in [6.07, 6.45) is 21.1. The minimum atomic E-state index is 0.884. The van der Waals surface area contributed by atoms with Gasteiger partial charge in [-0.2, -0.15) is 0 Å². The van der Waals surface area contributed by atoms with Gasteiger partial charge >= 0.3 is 0 Å². The van der Waals surface area contributed by atoms with Crippen LogP contribution in [0.1, 0.15) is 109 Å². The van der Waals surface area contributed by atoms with E-state index in [1.54, 1.807) is 0 Å². The summed E-state index contributed by atoms with van der Waals surface area (Å²) in [4.78, 5) is 0. The van der Waals surface area contributed by atoms with Crippen molar-refractivity contribution in [1.82, 2.24) is 0 Å². The van der Waals surface area contributed by atoms with Crippen LogP contribution >= 0.6 is 0 Å². The van der Waals surface area contributed by atoms with E-state index in [0.717, 1.165) is 36.0 Å². The molecule has 0 N–H and O–H groups in total. The molecule has 0 spiro atoms. The molecule has 164 valence electrons. The van der Waals surface area contributed by atoms with Gasteiger partial charge in [0.05, 0.1) is 6.61 Å². The Kier molecular flexibility index (Phi) is 9.91. The van der Waals surface area contributed by atoms with Crippen molar-refractivity contribution in [2.45, 2.75) is 110 Å². The summed E-state index contributed by atoms with van der Waals surface area (Å²) in [7, 11) is 0. The van der Waals surface area contributed by atoms with Gasteiger partial charge in [-0.05, 0) is 67.1 Å². The third kappa shape index (κ3) is 7.99. The minimum absolute atomic E-state index is 0.884. The minimum Gasteiger partial charge on any atom is -0.494 e. The van der Waals surface area contributed by atoms with Gasteiger partial charge < -0.3 is 4.74 Å². The predicted octanol–water partition coefficient (Wildman–Crippen LogP) is 8.60. The zero-order valence-electron chi connectivity index (χ0n) is 19.3. The molecule has 2 aliphatic rings. The molecule has 0 amide bonds. The maximum absolute atomic E-state index is 6.03. The van der Waals surface area contributed by atoms with Gasteiger partial charge in [0, 0.05) is 0 Å². The number of aryl methyl sites for hydroxylation is 1. The Labute approximate surface area is 181 Å². The van der Waals surface area contributed by atoms with E-state index in [1.807, 2.05) is 0 Å². The Morgan fingerprint density at radius 2 is 1.24 bits per heavy atom. The van der Waals surface area contributed by atoms with E-state index in [1.165, 1.54) is 102 Å². The summed E-state index contributed by atoms with van der Waals surface area (Å²) in [6, 6.07) is 8.97. The third-order valence-corrected chi connectivity index (χ3v) is 8.00. The van der Waals surface area contributed by atoms with Crippen molar-refractivity contribution < 1.29 is 4.74 Å². The lowest BCUT2D eigenvalue weighted by atomic mass is 9.78. The number of rotatable bonds is 11. The topological polar surface area (TPSA) is 9.23 Å². The first-order valence-corrected chi connectivity index (χ1v) is 13.0. The molecule has 0 bridgehead atoms. The van der Waals surface area contributed by atoms with Gasteiger partial charge in [0.25, 0.3) is 0 Å². The second-order valence-electron chi connectivity index (χ2n) is 10.1. The van der Waals surface area contributed by atoms with Crippen molar-refractivity contribution in [3.8, 4) is 5.75 Å². The summed E-state index contributed by atoms with van der Waals surface area (Å²) in [5, 5.41) is 0. The largest absolute Gasteiger partial charge is 0.494 e. The number of ether oxygens (including phenoxy) is 1. The molecule has 0 aliphatic heterocycles. The predicted molar refractivity (Wildman–Crippen MR) is 126 cm³/mol. The average molecular weight is 399 g/mol. The van der Waals surface area contributed by atoms with E-state index in [4.69, 9.17) is 4.74 Å². The molecular weight excluding hydrogens is 352 g/mol. The highest BCUT2D eigenvalue weighted by molar-refractivity contribution is 5.27. The Bertz CT molecular complexity index is 532. The van der Waals surface area contributed by atoms with Crippen LogP contribution < -0.4 is 4.74 Å². The van der Waals surface area contributed by atoms with E-state index < -0.39 is 0 Å². The average Bonchev–Trinajstić information content (AvgIpc) is 2.78. The van der Waals surface area contributed by atoms with Crippen LogP contribution in [0.5, 0.6) is 5.75 Å². The lowest BCUT2D eigenvalue weighted by Crippen LogP contribution is -2.15. The normalized spacial score (nSPS) is 27.7. The molecule has 1 aromatic rings. The van der Waals surface area contributed by atoms with Gasteiger partial charge in [-0.15, -0.1) is 0 Å². The Morgan fingerprint density at radius 3 is 1.83 bits per heavy atom. The van der Waals surface area contributed by atoms with E-state index in [0.29, 0.717) is 0 Å². The fourth-order valence-corrected chi connectivity index (χ4v) is 5.83. The molecule has 0 unspecified atom stereocenters. The lowest BCUT2D eigenvalue weighted by molar-refractivity contribution is 0.230. The molecule has 2 fully saturated rings. The summed E-state index contributed by atoms with van der Waals surface area (Å²) in [5.41, 5.74) is 1.49. The maximum Gasteiger partial charge on any atom is 0.119 e. The molecule has 1 aromatic carbocycles. The zero-order chi connectivity index (χ0) is 20.3. The second kappa shape index (κ2) is 12.7. The first-order valence-electron chi connectivity index (χ1n) is 13.0. The molecule has 0 atom stereocenters. The fourth-order valence-electron chi connectivity index (χ4n) is 5.83. The van der Waals surface area contributed by atoms with E-state index >= 15 is 0 Å². The Balaban J connectivity index is 1.26. The molecular formula is C28H46O. The van der Waals surface area contributed by atoms with Crippen molar-refractivity contribution >= 4 is 0 Å². The van der Waals surface area contributed by atoms with Crippen molar-refractivity contribution in [3.63, 3.8) is 0 Å². The van der Waals surface area contributed by atoms with Crippen LogP contribution in [0.4, 0.5) is 0 Å². The molecule has 0 heterocycles. The first kappa shape index (κ1) is 22.7. The SMILES string of the molecule is CCCC1CCC(CCCOc2ccc(CCC3CCC(CC)CC3)cc2)CC1. The molecule has 2 saturated carbocycles. The highest BCUT2D eigenvalue weighted by Gasteiger charge is 2.20. The Hall–Kier alpha value is -0.980. The molecule has 29 heavy (non-hydrogen) atoms. The van der Waals surface area contributed by atoms with E-state index in [9.17, 15) is 0 Å². The fraction of sp³-hybridized carbons (Fsp3) is 0.786. The van der Waals surface area contributed by atoms with Crippen LogP contribution in [0.3, 0.4) is 0 Å². The maximum atomic E-state index is 6.03. The van der Waals surface area contributed by atoms with Crippen LogP contribution in [0.25, 0.3) is 0 Å². The van der Waals surface area contributed by atoms with Gasteiger partial charge in [0.1, 0.15) is 5.75 Å². The quantitative estimate of drug-likeness (QED) is 0.339. The van der Waals surface area contributed by atoms with Crippen molar-refractivity contribution in [2.24, 2.45) is 23.7 Å². The van der Waals surface area contributed by atoms with Gasteiger partial charge in [-0.1, -0.05) is 96.6 Å². The number of benzene rings is 1. The summed E-state index contributed by atoms with van der Waals surface area (Å²) >= 11 is 0. The highest BCUT2D eigenvalue weighted by atomic mass is 16.5. The van der Waals surface area contributed by atoms with E-state index in [-0.39, 0.29) is 0 Å². The zero-order valence-corrected chi connectivity index (χ0v) is 19.3. The van der Waals surface area contributed by atoms with Crippen LogP contribution in [-0.4, -0.2) is 6.61 Å². The second-order valence-corrected chi connectivity index (χ2v) is 10.1. The van der Waals surface area contributed by atoms with Gasteiger partial charge in [-0.3, -0.25) is 0 Å². The molecule has 1 heteroatoms. The molecule has 0 saturated heterocycles. The number of hydrogen-bond acceptors (Lipinski definition) is 1. The smallest absolute Gasteiger partial charge is 0.119 e. The molecule has 2 aliphatic carbocycles.